The molecule has 0 saturated carbocycles. The van der Waals surface area contributed by atoms with Crippen LogP contribution in [0, 0.1) is 0 Å². The minimum Gasteiger partial charge on any atom is -0.508 e. The van der Waals surface area contributed by atoms with E-state index in [2.05, 4.69) is 28.2 Å². The predicted octanol–water partition coefficient (Wildman–Crippen LogP) is 3.66. The van der Waals surface area contributed by atoms with Crippen molar-refractivity contribution in [3.8, 4) is 5.75 Å². The Morgan fingerprint density at radius 1 is 1.32 bits per heavy atom. The fraction of sp³-hybridized carbons (Fsp3) is 0.375. The fourth-order valence-corrected chi connectivity index (χ4v) is 3.54. The van der Waals surface area contributed by atoms with E-state index in [0.717, 1.165) is 19.4 Å². The number of thiophene rings is 1. The Balaban J connectivity index is 1.63. The molecule has 0 spiro atoms. The van der Waals surface area contributed by atoms with Gasteiger partial charge in [-0.25, -0.2) is 0 Å². The Bertz CT molecular complexity index is 536. The van der Waals surface area contributed by atoms with Gasteiger partial charge in [0.25, 0.3) is 0 Å². The maximum absolute atomic E-state index is 9.56. The van der Waals surface area contributed by atoms with Crippen molar-refractivity contribution in [3.05, 3.63) is 51.7 Å². The molecule has 0 fully saturated rings. The molecule has 1 unspecified atom stereocenters. The Hall–Kier alpha value is -1.32. The summed E-state index contributed by atoms with van der Waals surface area (Å²) in [6.07, 6.45) is 4.58. The number of benzene rings is 1. The number of hydrogen-bond acceptors (Lipinski definition) is 3. The minimum atomic E-state index is 0.387. The highest BCUT2D eigenvalue weighted by Gasteiger charge is 2.19. The van der Waals surface area contributed by atoms with Gasteiger partial charge >= 0.3 is 0 Å². The van der Waals surface area contributed by atoms with Crippen LogP contribution in [0.15, 0.2) is 35.0 Å². The van der Waals surface area contributed by atoms with Gasteiger partial charge in [0.2, 0.25) is 0 Å². The Labute approximate surface area is 118 Å². The number of fused-ring (bicyclic) bond motifs is 1. The minimum absolute atomic E-state index is 0.387. The third-order valence-electron chi connectivity index (χ3n) is 3.83. The molecule has 0 bridgehead atoms. The standard InChI is InChI=1S/C16H19NOS/c18-14-4-5-15-13(10-14)2-1-3-16(15)17-8-6-12-7-9-19-11-12/h4-5,7,9-11,16-18H,1-3,6,8H2. The summed E-state index contributed by atoms with van der Waals surface area (Å²) >= 11 is 1.76. The average molecular weight is 273 g/mol. The van der Waals surface area contributed by atoms with Gasteiger partial charge in [-0.1, -0.05) is 6.07 Å². The van der Waals surface area contributed by atoms with E-state index in [1.54, 1.807) is 17.4 Å². The van der Waals surface area contributed by atoms with E-state index in [1.165, 1.54) is 29.5 Å². The van der Waals surface area contributed by atoms with Crippen LogP contribution in [0.2, 0.25) is 0 Å². The molecule has 19 heavy (non-hydrogen) atoms. The maximum Gasteiger partial charge on any atom is 0.115 e. The summed E-state index contributed by atoms with van der Waals surface area (Å²) in [5, 5.41) is 17.6. The molecule has 1 aliphatic carbocycles. The first-order chi connectivity index (χ1) is 9.33. The van der Waals surface area contributed by atoms with E-state index in [4.69, 9.17) is 0 Å². The van der Waals surface area contributed by atoms with Gasteiger partial charge in [-0.3, -0.25) is 0 Å². The summed E-state index contributed by atoms with van der Waals surface area (Å²) in [5.74, 6) is 0.387. The monoisotopic (exact) mass is 273 g/mol. The molecule has 1 aliphatic rings. The number of hydrogen-bond donors (Lipinski definition) is 2. The number of phenols is 1. The first-order valence-electron chi connectivity index (χ1n) is 6.89. The lowest BCUT2D eigenvalue weighted by Crippen LogP contribution is -2.26. The zero-order valence-electron chi connectivity index (χ0n) is 10.9. The van der Waals surface area contributed by atoms with Crippen LogP contribution in [-0.4, -0.2) is 11.7 Å². The van der Waals surface area contributed by atoms with E-state index in [0.29, 0.717) is 11.8 Å². The van der Waals surface area contributed by atoms with Crippen LogP contribution >= 0.6 is 11.3 Å². The number of rotatable bonds is 4. The summed E-state index contributed by atoms with van der Waals surface area (Å²) in [6.45, 7) is 1.02. The summed E-state index contributed by atoms with van der Waals surface area (Å²) in [5.41, 5.74) is 4.09. The Morgan fingerprint density at radius 3 is 3.11 bits per heavy atom. The average Bonchev–Trinajstić information content (AvgIpc) is 2.92. The van der Waals surface area contributed by atoms with Crippen LogP contribution in [0.5, 0.6) is 5.75 Å². The first-order valence-corrected chi connectivity index (χ1v) is 7.83. The zero-order valence-corrected chi connectivity index (χ0v) is 11.7. The smallest absolute Gasteiger partial charge is 0.115 e. The summed E-state index contributed by atoms with van der Waals surface area (Å²) < 4.78 is 0. The highest BCUT2D eigenvalue weighted by Crippen LogP contribution is 2.31. The molecular formula is C16H19NOS. The van der Waals surface area contributed by atoms with Crippen LogP contribution in [0.4, 0.5) is 0 Å². The van der Waals surface area contributed by atoms with Crippen molar-refractivity contribution >= 4 is 11.3 Å². The van der Waals surface area contributed by atoms with E-state index < -0.39 is 0 Å². The normalized spacial score (nSPS) is 18.2. The Morgan fingerprint density at radius 2 is 2.26 bits per heavy atom. The van der Waals surface area contributed by atoms with Gasteiger partial charge in [-0.05, 0) is 77.9 Å². The molecule has 100 valence electrons. The number of aromatic hydroxyl groups is 1. The number of phenolic OH excluding ortho intramolecular Hbond substituents is 1. The Kier molecular flexibility index (Phi) is 3.85. The third-order valence-corrected chi connectivity index (χ3v) is 4.56. The lowest BCUT2D eigenvalue weighted by Gasteiger charge is -2.26. The predicted molar refractivity (Wildman–Crippen MR) is 79.8 cm³/mol. The lowest BCUT2D eigenvalue weighted by atomic mass is 9.87. The van der Waals surface area contributed by atoms with Gasteiger partial charge in [0.05, 0.1) is 0 Å². The molecule has 0 amide bonds. The zero-order chi connectivity index (χ0) is 13.1. The second kappa shape index (κ2) is 5.76. The number of aryl methyl sites for hydroxylation is 1. The molecule has 3 heteroatoms. The number of nitrogens with one attached hydrogen (secondary N) is 1. The van der Waals surface area contributed by atoms with Crippen molar-refractivity contribution in [1.82, 2.24) is 5.32 Å². The van der Waals surface area contributed by atoms with E-state index in [9.17, 15) is 5.11 Å². The topological polar surface area (TPSA) is 32.3 Å². The summed E-state index contributed by atoms with van der Waals surface area (Å²) in [7, 11) is 0. The molecule has 1 heterocycles. The van der Waals surface area contributed by atoms with Crippen LogP contribution in [0.1, 0.15) is 35.6 Å². The van der Waals surface area contributed by atoms with Gasteiger partial charge in [-0.15, -0.1) is 0 Å². The summed E-state index contributed by atoms with van der Waals surface area (Å²) in [4.78, 5) is 0. The molecule has 0 radical (unpaired) electrons. The van der Waals surface area contributed by atoms with Gasteiger partial charge < -0.3 is 10.4 Å². The fourth-order valence-electron chi connectivity index (χ4n) is 2.84. The summed E-state index contributed by atoms with van der Waals surface area (Å²) in [6, 6.07) is 8.44. The van der Waals surface area contributed by atoms with Crippen molar-refractivity contribution in [1.29, 1.82) is 0 Å². The van der Waals surface area contributed by atoms with Crippen molar-refractivity contribution < 1.29 is 5.11 Å². The largest absolute Gasteiger partial charge is 0.508 e. The second-order valence-corrected chi connectivity index (χ2v) is 5.94. The van der Waals surface area contributed by atoms with E-state index in [1.807, 2.05) is 6.07 Å². The van der Waals surface area contributed by atoms with Crippen molar-refractivity contribution in [3.63, 3.8) is 0 Å². The SMILES string of the molecule is Oc1ccc2c(c1)CCCC2NCCc1ccsc1. The molecule has 1 aromatic carbocycles. The lowest BCUT2D eigenvalue weighted by molar-refractivity contribution is 0.452. The van der Waals surface area contributed by atoms with Crippen molar-refractivity contribution in [2.24, 2.45) is 0 Å². The molecule has 2 nitrogen and oxygen atoms in total. The van der Waals surface area contributed by atoms with Crippen LogP contribution < -0.4 is 5.32 Å². The molecular weight excluding hydrogens is 254 g/mol. The van der Waals surface area contributed by atoms with E-state index >= 15 is 0 Å². The second-order valence-electron chi connectivity index (χ2n) is 5.16. The van der Waals surface area contributed by atoms with Crippen LogP contribution in [0.3, 0.4) is 0 Å². The maximum atomic E-state index is 9.56. The third kappa shape index (κ3) is 2.99. The highest BCUT2D eigenvalue weighted by atomic mass is 32.1. The van der Waals surface area contributed by atoms with Gasteiger partial charge in [-0.2, -0.15) is 11.3 Å². The van der Waals surface area contributed by atoms with Crippen molar-refractivity contribution in [2.75, 3.05) is 6.54 Å². The quantitative estimate of drug-likeness (QED) is 0.891. The molecule has 1 aromatic heterocycles. The molecule has 0 aliphatic heterocycles. The van der Waals surface area contributed by atoms with Gasteiger partial charge in [0, 0.05) is 6.04 Å². The molecule has 3 rings (SSSR count). The van der Waals surface area contributed by atoms with Crippen LogP contribution in [0.25, 0.3) is 0 Å². The van der Waals surface area contributed by atoms with Crippen LogP contribution in [-0.2, 0) is 12.8 Å². The first kappa shape index (κ1) is 12.7. The molecule has 1 atom stereocenters. The van der Waals surface area contributed by atoms with Crippen molar-refractivity contribution in [2.45, 2.75) is 31.7 Å². The molecule has 0 saturated heterocycles. The highest BCUT2D eigenvalue weighted by molar-refractivity contribution is 7.07. The molecule has 2 N–H and O–H groups in total. The van der Waals surface area contributed by atoms with Gasteiger partial charge in [0.15, 0.2) is 0 Å². The van der Waals surface area contributed by atoms with E-state index in [-0.39, 0.29) is 0 Å². The molecule has 2 aromatic rings. The van der Waals surface area contributed by atoms with Gasteiger partial charge in [0.1, 0.15) is 5.75 Å².